The van der Waals surface area contributed by atoms with E-state index in [1.54, 1.807) is 17.1 Å². The van der Waals surface area contributed by atoms with Gasteiger partial charge in [0, 0.05) is 31.4 Å². The van der Waals surface area contributed by atoms with Crippen molar-refractivity contribution in [1.29, 1.82) is 0 Å². The molecule has 0 aromatic carbocycles. The van der Waals surface area contributed by atoms with E-state index >= 15 is 0 Å². The number of aliphatic hydroxyl groups is 1. The molecule has 3 rings (SSSR count). The van der Waals surface area contributed by atoms with Crippen molar-refractivity contribution >= 4 is 5.82 Å². The molecule has 2 aromatic rings. The van der Waals surface area contributed by atoms with Gasteiger partial charge in [-0.15, -0.1) is 5.10 Å². The van der Waals surface area contributed by atoms with Gasteiger partial charge in [0.15, 0.2) is 5.82 Å². The smallest absolute Gasteiger partial charge is 0.257 e. The summed E-state index contributed by atoms with van der Waals surface area (Å²) in [5, 5.41) is 19.3. The van der Waals surface area contributed by atoms with Crippen LogP contribution in [-0.2, 0) is 5.60 Å². The van der Waals surface area contributed by atoms with Crippen molar-refractivity contribution < 1.29 is 9.84 Å². The van der Waals surface area contributed by atoms with Crippen LogP contribution in [0.4, 0.5) is 5.82 Å². The zero-order valence-corrected chi connectivity index (χ0v) is 14.5. The normalized spacial score (nSPS) is 21.0. The van der Waals surface area contributed by atoms with Crippen LogP contribution in [0.1, 0.15) is 45.9 Å². The summed E-state index contributed by atoms with van der Waals surface area (Å²) in [6, 6.07) is 0.207. The molecule has 0 unspecified atom stereocenters. The Balaban J connectivity index is 1.82. The Morgan fingerprint density at radius 3 is 2.62 bits per heavy atom. The second-order valence-electron chi connectivity index (χ2n) is 6.73. The SMILES string of the molecule is CC(C)Oc1nccnc1N1CC[C@](O)(c2cn(C(C)C)nn2)C1. The summed E-state index contributed by atoms with van der Waals surface area (Å²) in [5.74, 6) is 1.14. The predicted molar refractivity (Wildman–Crippen MR) is 88.9 cm³/mol. The first kappa shape index (κ1) is 16.6. The molecule has 1 saturated heterocycles. The molecule has 1 atom stereocenters. The molecule has 0 saturated carbocycles. The highest BCUT2D eigenvalue weighted by Gasteiger charge is 2.41. The van der Waals surface area contributed by atoms with Crippen molar-refractivity contribution in [2.45, 2.75) is 51.9 Å². The monoisotopic (exact) mass is 332 g/mol. The number of anilines is 1. The molecule has 0 bridgehead atoms. The van der Waals surface area contributed by atoms with E-state index in [1.807, 2.05) is 38.8 Å². The third kappa shape index (κ3) is 3.19. The summed E-state index contributed by atoms with van der Waals surface area (Å²) in [5.41, 5.74) is -0.450. The molecular formula is C16H24N6O2. The van der Waals surface area contributed by atoms with Gasteiger partial charge >= 0.3 is 0 Å². The van der Waals surface area contributed by atoms with Gasteiger partial charge in [-0.05, 0) is 27.7 Å². The van der Waals surface area contributed by atoms with Gasteiger partial charge in [0.1, 0.15) is 11.3 Å². The van der Waals surface area contributed by atoms with Crippen LogP contribution in [0.3, 0.4) is 0 Å². The molecule has 2 aromatic heterocycles. The number of aromatic nitrogens is 5. The third-order valence-corrected chi connectivity index (χ3v) is 4.06. The average molecular weight is 332 g/mol. The van der Waals surface area contributed by atoms with E-state index in [0.29, 0.717) is 36.9 Å². The molecule has 0 aliphatic carbocycles. The third-order valence-electron chi connectivity index (χ3n) is 4.06. The van der Waals surface area contributed by atoms with Gasteiger partial charge in [-0.25, -0.2) is 14.6 Å². The molecule has 3 heterocycles. The van der Waals surface area contributed by atoms with Gasteiger partial charge in [0.2, 0.25) is 0 Å². The van der Waals surface area contributed by atoms with Crippen LogP contribution in [-0.4, -0.2) is 49.3 Å². The van der Waals surface area contributed by atoms with E-state index in [4.69, 9.17) is 4.74 Å². The zero-order valence-electron chi connectivity index (χ0n) is 14.5. The molecule has 24 heavy (non-hydrogen) atoms. The summed E-state index contributed by atoms with van der Waals surface area (Å²) >= 11 is 0. The van der Waals surface area contributed by atoms with Crippen LogP contribution >= 0.6 is 0 Å². The van der Waals surface area contributed by atoms with Gasteiger partial charge in [-0.1, -0.05) is 5.21 Å². The van der Waals surface area contributed by atoms with Gasteiger partial charge in [0.05, 0.1) is 18.8 Å². The maximum Gasteiger partial charge on any atom is 0.257 e. The molecule has 1 N–H and O–H groups in total. The highest BCUT2D eigenvalue weighted by atomic mass is 16.5. The number of nitrogens with zero attached hydrogens (tertiary/aromatic N) is 6. The number of rotatable bonds is 5. The molecule has 8 nitrogen and oxygen atoms in total. The standard InChI is InChI=1S/C16H24N6O2/c1-11(2)22-9-13(19-20-22)16(23)5-8-21(10-16)14-15(24-12(3)4)18-7-6-17-14/h6-7,9,11-12,23H,5,8,10H2,1-4H3/t16-/m1/s1. The summed E-state index contributed by atoms with van der Waals surface area (Å²) in [7, 11) is 0. The molecular weight excluding hydrogens is 308 g/mol. The average Bonchev–Trinajstić information content (AvgIpc) is 3.15. The first-order valence-corrected chi connectivity index (χ1v) is 8.26. The van der Waals surface area contributed by atoms with Crippen LogP contribution in [0.15, 0.2) is 18.6 Å². The van der Waals surface area contributed by atoms with Gasteiger partial charge in [-0.3, -0.25) is 0 Å². The highest BCUT2D eigenvalue weighted by molar-refractivity contribution is 5.50. The largest absolute Gasteiger partial charge is 0.472 e. The van der Waals surface area contributed by atoms with Crippen molar-refractivity contribution in [2.24, 2.45) is 0 Å². The minimum absolute atomic E-state index is 0.00729. The molecule has 130 valence electrons. The molecule has 0 amide bonds. The van der Waals surface area contributed by atoms with Crippen molar-refractivity contribution in [2.75, 3.05) is 18.0 Å². The zero-order chi connectivity index (χ0) is 17.3. The quantitative estimate of drug-likeness (QED) is 0.888. The Kier molecular flexibility index (Phi) is 4.40. The minimum Gasteiger partial charge on any atom is -0.472 e. The number of hydrogen-bond donors (Lipinski definition) is 1. The van der Waals surface area contributed by atoms with Crippen LogP contribution in [0, 0.1) is 0 Å². The summed E-state index contributed by atoms with van der Waals surface area (Å²) < 4.78 is 7.49. The maximum absolute atomic E-state index is 11.0. The summed E-state index contributed by atoms with van der Waals surface area (Å²) in [6.45, 7) is 8.98. The van der Waals surface area contributed by atoms with Crippen LogP contribution in [0.5, 0.6) is 5.88 Å². The Hall–Kier alpha value is -2.22. The lowest BCUT2D eigenvalue weighted by Crippen LogP contribution is -2.32. The van der Waals surface area contributed by atoms with Gasteiger partial charge in [0.25, 0.3) is 5.88 Å². The van der Waals surface area contributed by atoms with Gasteiger partial charge in [-0.2, -0.15) is 0 Å². The van der Waals surface area contributed by atoms with E-state index in [1.165, 1.54) is 0 Å². The lowest BCUT2D eigenvalue weighted by atomic mass is 10.00. The highest BCUT2D eigenvalue weighted by Crippen LogP contribution is 2.35. The first-order valence-electron chi connectivity index (χ1n) is 8.26. The van der Waals surface area contributed by atoms with E-state index in [2.05, 4.69) is 20.3 Å². The Morgan fingerprint density at radius 2 is 1.96 bits per heavy atom. The van der Waals surface area contributed by atoms with E-state index in [0.717, 1.165) is 0 Å². The molecule has 1 aliphatic heterocycles. The van der Waals surface area contributed by atoms with Crippen LogP contribution < -0.4 is 9.64 Å². The van der Waals surface area contributed by atoms with E-state index in [-0.39, 0.29) is 12.1 Å². The molecule has 8 heteroatoms. The lowest BCUT2D eigenvalue weighted by molar-refractivity contribution is 0.0558. The Bertz CT molecular complexity index is 701. The minimum atomic E-state index is -1.04. The van der Waals surface area contributed by atoms with Crippen LogP contribution in [0.2, 0.25) is 0 Å². The number of β-amino-alcohol motifs (C(OH)–C–C–N with tert-alkyl or cyclic N) is 1. The second kappa shape index (κ2) is 6.35. The predicted octanol–water partition coefficient (Wildman–Crippen LogP) is 1.53. The molecule has 1 fully saturated rings. The molecule has 0 spiro atoms. The summed E-state index contributed by atoms with van der Waals surface area (Å²) in [4.78, 5) is 10.6. The molecule has 1 aliphatic rings. The fourth-order valence-electron chi connectivity index (χ4n) is 2.77. The Labute approximate surface area is 141 Å². The van der Waals surface area contributed by atoms with Crippen molar-refractivity contribution in [3.05, 3.63) is 24.3 Å². The van der Waals surface area contributed by atoms with Crippen molar-refractivity contribution in [3.8, 4) is 5.88 Å². The van der Waals surface area contributed by atoms with Crippen LogP contribution in [0.25, 0.3) is 0 Å². The fraction of sp³-hybridized carbons (Fsp3) is 0.625. The summed E-state index contributed by atoms with van der Waals surface area (Å²) in [6.07, 6.45) is 5.62. The number of ether oxygens (including phenoxy) is 1. The Morgan fingerprint density at radius 1 is 1.21 bits per heavy atom. The van der Waals surface area contributed by atoms with Crippen molar-refractivity contribution in [1.82, 2.24) is 25.0 Å². The maximum atomic E-state index is 11.0. The number of hydrogen-bond acceptors (Lipinski definition) is 7. The van der Waals surface area contributed by atoms with E-state index in [9.17, 15) is 5.11 Å². The lowest BCUT2D eigenvalue weighted by Gasteiger charge is -2.23. The first-order chi connectivity index (χ1) is 11.4. The van der Waals surface area contributed by atoms with Crippen molar-refractivity contribution in [3.63, 3.8) is 0 Å². The fourth-order valence-corrected chi connectivity index (χ4v) is 2.77. The van der Waals surface area contributed by atoms with Gasteiger partial charge < -0.3 is 14.7 Å². The topological polar surface area (TPSA) is 89.2 Å². The molecule has 0 radical (unpaired) electrons. The van der Waals surface area contributed by atoms with E-state index < -0.39 is 5.60 Å². The second-order valence-corrected chi connectivity index (χ2v) is 6.73.